The number of hydrogen-bond acceptors (Lipinski definition) is 1. The molecule has 0 aliphatic rings. The zero-order valence-electron chi connectivity index (χ0n) is 10.5. The highest BCUT2D eigenvalue weighted by Crippen LogP contribution is 2.29. The maximum absolute atomic E-state index is 14.0. The maximum atomic E-state index is 14.0. The van der Waals surface area contributed by atoms with Gasteiger partial charge < -0.3 is 4.90 Å². The third kappa shape index (κ3) is 2.72. The Morgan fingerprint density at radius 2 is 1.78 bits per heavy atom. The molecule has 0 radical (unpaired) electrons. The molecule has 3 heteroatoms. The monoisotopic (exact) mass is 307 g/mol. The minimum Gasteiger partial charge on any atom is -0.339 e. The first-order valence-electron chi connectivity index (χ1n) is 5.91. The van der Waals surface area contributed by atoms with E-state index in [-0.39, 0.29) is 5.82 Å². The van der Waals surface area contributed by atoms with E-state index >= 15 is 0 Å². The average Bonchev–Trinajstić information content (AvgIpc) is 2.35. The molecule has 0 aliphatic heterocycles. The van der Waals surface area contributed by atoms with E-state index in [4.69, 9.17) is 0 Å². The second kappa shape index (κ2) is 5.53. The van der Waals surface area contributed by atoms with Gasteiger partial charge in [-0.1, -0.05) is 33.6 Å². The van der Waals surface area contributed by atoms with E-state index in [1.165, 1.54) is 11.6 Å². The Hall–Kier alpha value is -1.35. The van der Waals surface area contributed by atoms with Crippen LogP contribution in [0.5, 0.6) is 0 Å². The van der Waals surface area contributed by atoms with Crippen molar-refractivity contribution in [2.24, 2.45) is 0 Å². The van der Waals surface area contributed by atoms with E-state index in [0.717, 1.165) is 16.7 Å². The van der Waals surface area contributed by atoms with Crippen LogP contribution in [-0.4, -0.2) is 6.54 Å². The van der Waals surface area contributed by atoms with Crippen molar-refractivity contribution in [2.45, 2.75) is 13.8 Å². The summed E-state index contributed by atoms with van der Waals surface area (Å²) in [4.78, 5) is 1.96. The first-order chi connectivity index (χ1) is 8.61. The predicted molar refractivity (Wildman–Crippen MR) is 78.0 cm³/mol. The number of benzene rings is 2. The highest BCUT2D eigenvalue weighted by Gasteiger charge is 2.12. The van der Waals surface area contributed by atoms with Gasteiger partial charge in [-0.25, -0.2) is 4.39 Å². The molecule has 0 N–H and O–H groups in total. The van der Waals surface area contributed by atoms with Gasteiger partial charge in [0.2, 0.25) is 0 Å². The molecule has 2 rings (SSSR count). The quantitative estimate of drug-likeness (QED) is 0.766. The molecule has 0 unspecified atom stereocenters. The van der Waals surface area contributed by atoms with Crippen molar-refractivity contribution in [1.82, 2.24) is 0 Å². The second-order valence-corrected chi connectivity index (χ2v) is 5.09. The van der Waals surface area contributed by atoms with Gasteiger partial charge >= 0.3 is 0 Å². The van der Waals surface area contributed by atoms with Gasteiger partial charge in [0.15, 0.2) is 0 Å². The molecule has 0 bridgehead atoms. The van der Waals surface area contributed by atoms with Gasteiger partial charge in [-0.15, -0.1) is 0 Å². The van der Waals surface area contributed by atoms with E-state index in [0.29, 0.717) is 5.69 Å². The fourth-order valence-electron chi connectivity index (χ4n) is 1.92. The van der Waals surface area contributed by atoms with Gasteiger partial charge in [-0.3, -0.25) is 0 Å². The number of aryl methyl sites for hydroxylation is 1. The summed E-state index contributed by atoms with van der Waals surface area (Å²) in [6.45, 7) is 4.78. The first-order valence-corrected chi connectivity index (χ1v) is 6.70. The summed E-state index contributed by atoms with van der Waals surface area (Å²) in [6, 6.07) is 13.2. The topological polar surface area (TPSA) is 3.24 Å². The van der Waals surface area contributed by atoms with Crippen molar-refractivity contribution in [1.29, 1.82) is 0 Å². The lowest BCUT2D eigenvalue weighted by atomic mass is 10.2. The molecule has 0 saturated carbocycles. The number of halogens is 2. The van der Waals surface area contributed by atoms with E-state index < -0.39 is 0 Å². The normalized spacial score (nSPS) is 10.4. The van der Waals surface area contributed by atoms with E-state index in [1.807, 2.05) is 49.1 Å². The molecule has 0 amide bonds. The number of rotatable bonds is 3. The molecule has 2 aromatic carbocycles. The molecule has 94 valence electrons. The Kier molecular flexibility index (Phi) is 4.02. The molecule has 0 spiro atoms. The fraction of sp³-hybridized carbons (Fsp3) is 0.200. The third-order valence-corrected chi connectivity index (χ3v) is 3.36. The molecule has 18 heavy (non-hydrogen) atoms. The molecule has 0 heterocycles. The van der Waals surface area contributed by atoms with Gasteiger partial charge in [-0.2, -0.15) is 0 Å². The lowest BCUT2D eigenvalue weighted by Crippen LogP contribution is -2.17. The SMILES string of the molecule is CCN(c1ccc(C)cc1)c1ccc(Br)cc1F. The zero-order valence-corrected chi connectivity index (χ0v) is 12.0. The molecule has 0 saturated heterocycles. The smallest absolute Gasteiger partial charge is 0.147 e. The summed E-state index contributed by atoms with van der Waals surface area (Å²) in [6.07, 6.45) is 0. The highest BCUT2D eigenvalue weighted by molar-refractivity contribution is 9.10. The van der Waals surface area contributed by atoms with E-state index in [9.17, 15) is 4.39 Å². The molecular formula is C15H15BrFN. The summed E-state index contributed by atoms with van der Waals surface area (Å²) in [5, 5.41) is 0. The van der Waals surface area contributed by atoms with Crippen molar-refractivity contribution in [3.8, 4) is 0 Å². The van der Waals surface area contributed by atoms with Crippen LogP contribution >= 0.6 is 15.9 Å². The van der Waals surface area contributed by atoms with E-state index in [2.05, 4.69) is 15.9 Å². The number of hydrogen-bond donors (Lipinski definition) is 0. The van der Waals surface area contributed by atoms with Crippen molar-refractivity contribution < 1.29 is 4.39 Å². The average molecular weight is 308 g/mol. The molecule has 0 atom stereocenters. The van der Waals surface area contributed by atoms with Crippen molar-refractivity contribution in [2.75, 3.05) is 11.4 Å². The standard InChI is InChI=1S/C15H15BrFN/c1-3-18(13-7-4-11(2)5-8-13)15-9-6-12(16)10-14(15)17/h4-10H,3H2,1-2H3. The lowest BCUT2D eigenvalue weighted by Gasteiger charge is -2.24. The van der Waals surface area contributed by atoms with Crippen molar-refractivity contribution in [3.05, 3.63) is 58.3 Å². The highest BCUT2D eigenvalue weighted by atomic mass is 79.9. The van der Waals surface area contributed by atoms with Crippen molar-refractivity contribution in [3.63, 3.8) is 0 Å². The Balaban J connectivity index is 2.41. The Morgan fingerprint density at radius 1 is 1.11 bits per heavy atom. The van der Waals surface area contributed by atoms with Gasteiger partial charge in [-0.05, 0) is 44.2 Å². The van der Waals surface area contributed by atoms with Crippen LogP contribution in [-0.2, 0) is 0 Å². The number of nitrogens with zero attached hydrogens (tertiary/aromatic N) is 1. The molecule has 2 aromatic rings. The number of anilines is 2. The minimum atomic E-state index is -0.216. The van der Waals surface area contributed by atoms with E-state index in [1.54, 1.807) is 6.07 Å². The van der Waals surface area contributed by atoms with Crippen LogP contribution in [0.4, 0.5) is 15.8 Å². The predicted octanol–water partition coefficient (Wildman–Crippen LogP) is 5.05. The summed E-state index contributed by atoms with van der Waals surface area (Å²) in [5.41, 5.74) is 2.81. The molecule has 0 aliphatic carbocycles. The molecule has 0 fully saturated rings. The largest absolute Gasteiger partial charge is 0.339 e. The Labute approximate surface area is 115 Å². The Bertz CT molecular complexity index is 537. The van der Waals surface area contributed by atoms with Crippen LogP contribution in [0.15, 0.2) is 46.9 Å². The Morgan fingerprint density at radius 3 is 2.33 bits per heavy atom. The van der Waals surface area contributed by atoms with Crippen LogP contribution in [0.2, 0.25) is 0 Å². The molecule has 0 aromatic heterocycles. The van der Waals surface area contributed by atoms with Crippen LogP contribution in [0, 0.1) is 12.7 Å². The van der Waals surface area contributed by atoms with Crippen molar-refractivity contribution >= 4 is 27.3 Å². The van der Waals surface area contributed by atoms with Gasteiger partial charge in [0.1, 0.15) is 5.82 Å². The summed E-state index contributed by atoms with van der Waals surface area (Å²) >= 11 is 3.27. The molecular weight excluding hydrogens is 293 g/mol. The van der Waals surface area contributed by atoms with Crippen LogP contribution in [0.1, 0.15) is 12.5 Å². The van der Waals surface area contributed by atoms with Crippen LogP contribution in [0.3, 0.4) is 0 Å². The third-order valence-electron chi connectivity index (χ3n) is 2.86. The summed E-state index contributed by atoms with van der Waals surface area (Å²) in [7, 11) is 0. The van der Waals surface area contributed by atoms with Crippen LogP contribution in [0.25, 0.3) is 0 Å². The second-order valence-electron chi connectivity index (χ2n) is 4.18. The zero-order chi connectivity index (χ0) is 13.1. The molecule has 1 nitrogen and oxygen atoms in total. The van der Waals surface area contributed by atoms with Gasteiger partial charge in [0.05, 0.1) is 5.69 Å². The fourth-order valence-corrected chi connectivity index (χ4v) is 2.25. The maximum Gasteiger partial charge on any atom is 0.147 e. The van der Waals surface area contributed by atoms with Crippen LogP contribution < -0.4 is 4.90 Å². The minimum absolute atomic E-state index is 0.216. The van der Waals surface area contributed by atoms with Gasteiger partial charge in [0, 0.05) is 16.7 Å². The summed E-state index contributed by atoms with van der Waals surface area (Å²) < 4.78 is 14.7. The lowest BCUT2D eigenvalue weighted by molar-refractivity contribution is 0.625. The first kappa shape index (κ1) is 13.1. The van der Waals surface area contributed by atoms with Gasteiger partial charge in [0.25, 0.3) is 0 Å². The summed E-state index contributed by atoms with van der Waals surface area (Å²) in [5.74, 6) is -0.216.